The Balaban J connectivity index is 1.51. The molecule has 0 radical (unpaired) electrons. The second kappa shape index (κ2) is 12.7. The Kier molecular flexibility index (Phi) is 9.72. The first kappa shape index (κ1) is 24.4. The minimum atomic E-state index is -0.0722. The third-order valence-electron chi connectivity index (χ3n) is 7.35. The Bertz CT molecular complexity index is 824. The molecule has 1 aromatic carbocycles. The molecule has 3 heteroatoms. The Morgan fingerprint density at radius 2 is 1.50 bits per heavy atom. The van der Waals surface area contributed by atoms with E-state index in [1.54, 1.807) is 0 Å². The molecule has 0 saturated heterocycles. The number of aryl methyl sites for hydroxylation is 1. The van der Waals surface area contributed by atoms with Crippen molar-refractivity contribution in [3.63, 3.8) is 0 Å². The van der Waals surface area contributed by atoms with Gasteiger partial charge < -0.3 is 0 Å². The van der Waals surface area contributed by atoms with Crippen molar-refractivity contribution in [3.8, 4) is 17.5 Å². The van der Waals surface area contributed by atoms with Crippen molar-refractivity contribution in [1.29, 1.82) is 5.26 Å². The van der Waals surface area contributed by atoms with E-state index in [1.807, 2.05) is 12.4 Å². The fourth-order valence-electron chi connectivity index (χ4n) is 5.10. The van der Waals surface area contributed by atoms with Crippen LogP contribution in [0, 0.1) is 16.7 Å². The minimum Gasteiger partial charge on any atom is -0.236 e. The van der Waals surface area contributed by atoms with Gasteiger partial charge in [-0.3, -0.25) is 0 Å². The zero-order valence-electron chi connectivity index (χ0n) is 20.3. The summed E-state index contributed by atoms with van der Waals surface area (Å²) in [4.78, 5) is 9.25. The van der Waals surface area contributed by atoms with Crippen molar-refractivity contribution in [3.05, 3.63) is 47.8 Å². The topological polar surface area (TPSA) is 49.6 Å². The summed E-state index contributed by atoms with van der Waals surface area (Å²) in [7, 11) is 0. The molecule has 172 valence electrons. The van der Waals surface area contributed by atoms with E-state index in [1.165, 1.54) is 62.5 Å². The molecule has 0 N–H and O–H groups in total. The van der Waals surface area contributed by atoms with Crippen molar-refractivity contribution < 1.29 is 0 Å². The van der Waals surface area contributed by atoms with Crippen molar-refractivity contribution in [2.24, 2.45) is 5.41 Å². The highest BCUT2D eigenvalue weighted by Crippen LogP contribution is 2.45. The summed E-state index contributed by atoms with van der Waals surface area (Å²) in [6.45, 7) is 4.48. The van der Waals surface area contributed by atoms with Crippen LogP contribution >= 0.6 is 0 Å². The predicted octanol–water partition coefficient (Wildman–Crippen LogP) is 8.40. The molecule has 1 aromatic heterocycles. The van der Waals surface area contributed by atoms with E-state index in [0.29, 0.717) is 5.92 Å². The lowest BCUT2D eigenvalue weighted by Gasteiger charge is -2.35. The number of hydrogen-bond acceptors (Lipinski definition) is 3. The van der Waals surface area contributed by atoms with E-state index >= 15 is 0 Å². The van der Waals surface area contributed by atoms with Crippen LogP contribution in [0.25, 0.3) is 11.4 Å². The van der Waals surface area contributed by atoms with Crippen LogP contribution in [-0.4, -0.2) is 9.97 Å². The maximum atomic E-state index is 9.80. The van der Waals surface area contributed by atoms with E-state index in [9.17, 15) is 5.26 Å². The average Bonchev–Trinajstić information content (AvgIpc) is 2.85. The summed E-state index contributed by atoms with van der Waals surface area (Å²) in [5, 5.41) is 9.80. The molecule has 32 heavy (non-hydrogen) atoms. The third-order valence-corrected chi connectivity index (χ3v) is 7.35. The largest absolute Gasteiger partial charge is 0.236 e. The number of aromatic nitrogens is 2. The molecule has 3 rings (SSSR count). The van der Waals surface area contributed by atoms with Gasteiger partial charge in [-0.15, -0.1) is 0 Å². The Morgan fingerprint density at radius 1 is 0.875 bits per heavy atom. The van der Waals surface area contributed by atoms with E-state index < -0.39 is 0 Å². The fraction of sp³-hybridized carbons (Fsp3) is 0.621. The molecular weight excluding hydrogens is 390 g/mol. The number of rotatable bonds is 12. The van der Waals surface area contributed by atoms with Crippen molar-refractivity contribution >= 4 is 0 Å². The van der Waals surface area contributed by atoms with Crippen LogP contribution in [-0.2, 0) is 6.42 Å². The summed E-state index contributed by atoms with van der Waals surface area (Å²) in [6, 6.07) is 11.5. The number of nitrogens with zero attached hydrogens (tertiary/aromatic N) is 3. The van der Waals surface area contributed by atoms with Gasteiger partial charge in [0.15, 0.2) is 5.82 Å². The summed E-state index contributed by atoms with van der Waals surface area (Å²) < 4.78 is 0. The van der Waals surface area contributed by atoms with Gasteiger partial charge in [0.05, 0.1) is 11.5 Å². The molecule has 1 aliphatic carbocycles. The van der Waals surface area contributed by atoms with Gasteiger partial charge in [0.25, 0.3) is 0 Å². The Morgan fingerprint density at radius 3 is 2.12 bits per heavy atom. The molecule has 1 heterocycles. The average molecular weight is 432 g/mol. The molecule has 0 bridgehead atoms. The van der Waals surface area contributed by atoms with E-state index in [2.05, 4.69) is 54.2 Å². The normalized spacial score (nSPS) is 20.7. The van der Waals surface area contributed by atoms with E-state index in [0.717, 1.165) is 49.9 Å². The van der Waals surface area contributed by atoms with Gasteiger partial charge in [-0.1, -0.05) is 83.1 Å². The van der Waals surface area contributed by atoms with Gasteiger partial charge in [-0.05, 0) is 62.0 Å². The van der Waals surface area contributed by atoms with Gasteiger partial charge in [0, 0.05) is 18.0 Å². The number of benzene rings is 1. The van der Waals surface area contributed by atoms with E-state index in [4.69, 9.17) is 0 Å². The summed E-state index contributed by atoms with van der Waals surface area (Å²) in [5.41, 5.74) is 3.66. The maximum absolute atomic E-state index is 9.80. The monoisotopic (exact) mass is 431 g/mol. The van der Waals surface area contributed by atoms with Crippen molar-refractivity contribution in [1.82, 2.24) is 9.97 Å². The molecule has 1 saturated carbocycles. The Labute approximate surface area is 195 Å². The lowest BCUT2D eigenvalue weighted by Crippen LogP contribution is -2.25. The first-order valence-corrected chi connectivity index (χ1v) is 13.0. The minimum absolute atomic E-state index is 0.0722. The molecular formula is C29H41N3. The summed E-state index contributed by atoms with van der Waals surface area (Å²) in [5.74, 6) is 1.39. The van der Waals surface area contributed by atoms with Crippen molar-refractivity contribution in [2.45, 2.75) is 110 Å². The molecule has 0 unspecified atom stereocenters. The third kappa shape index (κ3) is 6.89. The van der Waals surface area contributed by atoms with Gasteiger partial charge in [-0.25, -0.2) is 9.97 Å². The van der Waals surface area contributed by atoms with Crippen LogP contribution in [0.4, 0.5) is 0 Å². The zero-order valence-corrected chi connectivity index (χ0v) is 20.3. The van der Waals surface area contributed by atoms with Gasteiger partial charge >= 0.3 is 0 Å². The lowest BCUT2D eigenvalue weighted by atomic mass is 9.67. The lowest BCUT2D eigenvalue weighted by molar-refractivity contribution is 0.223. The van der Waals surface area contributed by atoms with E-state index in [-0.39, 0.29) is 5.41 Å². The molecule has 1 fully saturated rings. The first-order valence-electron chi connectivity index (χ1n) is 13.0. The SMILES string of the molecule is CCCCCCCc1cnc(-c2ccc(C3CCC(C#N)(CCCCC)CC3)cc2)nc1. The fourth-order valence-corrected chi connectivity index (χ4v) is 5.10. The first-order chi connectivity index (χ1) is 15.7. The number of hydrogen-bond donors (Lipinski definition) is 0. The summed E-state index contributed by atoms with van der Waals surface area (Å²) in [6.07, 6.45) is 20.6. The molecule has 2 aromatic rings. The van der Waals surface area contributed by atoms with Crippen LogP contribution in [0.1, 0.15) is 114 Å². The molecule has 0 spiro atoms. The predicted molar refractivity (Wildman–Crippen MR) is 133 cm³/mol. The quantitative estimate of drug-likeness (QED) is 0.317. The highest BCUT2D eigenvalue weighted by Gasteiger charge is 2.35. The second-order valence-corrected chi connectivity index (χ2v) is 9.82. The molecule has 3 nitrogen and oxygen atoms in total. The summed E-state index contributed by atoms with van der Waals surface area (Å²) >= 11 is 0. The second-order valence-electron chi connectivity index (χ2n) is 9.82. The van der Waals surface area contributed by atoms with Crippen LogP contribution < -0.4 is 0 Å². The molecule has 1 aliphatic rings. The highest BCUT2D eigenvalue weighted by atomic mass is 14.9. The van der Waals surface area contributed by atoms with Gasteiger partial charge in [0.2, 0.25) is 0 Å². The smallest absolute Gasteiger partial charge is 0.159 e. The van der Waals surface area contributed by atoms with Gasteiger partial charge in [0.1, 0.15) is 0 Å². The zero-order chi connectivity index (χ0) is 22.7. The van der Waals surface area contributed by atoms with Crippen LogP contribution in [0.2, 0.25) is 0 Å². The van der Waals surface area contributed by atoms with Crippen molar-refractivity contribution in [2.75, 3.05) is 0 Å². The van der Waals surface area contributed by atoms with Crippen LogP contribution in [0.5, 0.6) is 0 Å². The highest BCUT2D eigenvalue weighted by molar-refractivity contribution is 5.55. The number of nitriles is 1. The standard InChI is InChI=1S/C29H41N3/c1-3-5-7-8-9-11-24-21-31-28(32-22-24)27-14-12-25(13-15-27)26-16-19-29(23-30,20-17-26)18-10-6-4-2/h12-15,21-22,26H,3-11,16-20H2,1-2H3. The molecule has 0 amide bonds. The molecule has 0 atom stereocenters. The maximum Gasteiger partial charge on any atom is 0.159 e. The number of unbranched alkanes of at least 4 members (excludes halogenated alkanes) is 6. The van der Waals surface area contributed by atoms with Crippen LogP contribution in [0.3, 0.4) is 0 Å². The Hall–Kier alpha value is -2.21. The molecule has 0 aliphatic heterocycles. The van der Waals surface area contributed by atoms with Gasteiger partial charge in [-0.2, -0.15) is 5.26 Å². The van der Waals surface area contributed by atoms with Crippen LogP contribution in [0.15, 0.2) is 36.7 Å².